The van der Waals surface area contributed by atoms with Crippen molar-refractivity contribution in [3.05, 3.63) is 27.7 Å². The molecule has 1 aromatic carbocycles. The number of carbonyl (C=O) groups excluding carboxylic acids is 1. The van der Waals surface area contributed by atoms with Crippen LogP contribution in [0, 0.1) is 0 Å². The third-order valence-electron chi connectivity index (χ3n) is 2.19. The fourth-order valence-corrected chi connectivity index (χ4v) is 2.03. The molecule has 5 nitrogen and oxygen atoms in total. The van der Waals surface area contributed by atoms with Crippen LogP contribution in [0.25, 0.3) is 0 Å². The maximum Gasteiger partial charge on any atom is 0.326 e. The molecule has 0 aliphatic heterocycles. The summed E-state index contributed by atoms with van der Waals surface area (Å²) in [7, 11) is 0. The van der Waals surface area contributed by atoms with Crippen LogP contribution in [0.15, 0.2) is 22.7 Å². The van der Waals surface area contributed by atoms with Gasteiger partial charge in [-0.3, -0.25) is 0 Å². The van der Waals surface area contributed by atoms with Crippen molar-refractivity contribution >= 4 is 45.2 Å². The minimum atomic E-state index is -1.07. The number of anilines is 1. The minimum Gasteiger partial charge on any atom is -0.480 e. The molecule has 1 aromatic rings. The van der Waals surface area contributed by atoms with Crippen LogP contribution in [0.5, 0.6) is 0 Å². The summed E-state index contributed by atoms with van der Waals surface area (Å²) in [6.45, 7) is 1.68. The van der Waals surface area contributed by atoms with Crippen LogP contribution in [-0.2, 0) is 4.79 Å². The lowest BCUT2D eigenvalue weighted by Gasteiger charge is -2.14. The van der Waals surface area contributed by atoms with Crippen molar-refractivity contribution < 1.29 is 14.7 Å². The molecule has 0 bridgehead atoms. The van der Waals surface area contributed by atoms with E-state index in [-0.39, 0.29) is 0 Å². The average Bonchev–Trinajstić information content (AvgIpc) is 2.29. The number of carboxylic acids is 1. The summed E-state index contributed by atoms with van der Waals surface area (Å²) >= 11 is 9.01. The smallest absolute Gasteiger partial charge is 0.326 e. The zero-order valence-electron chi connectivity index (χ0n) is 9.54. The van der Waals surface area contributed by atoms with Crippen molar-refractivity contribution in [2.75, 3.05) is 5.32 Å². The van der Waals surface area contributed by atoms with Crippen molar-refractivity contribution in [3.8, 4) is 0 Å². The van der Waals surface area contributed by atoms with E-state index in [1.165, 1.54) is 0 Å². The summed E-state index contributed by atoms with van der Waals surface area (Å²) in [5.74, 6) is -1.07. The summed E-state index contributed by atoms with van der Waals surface area (Å²) in [6.07, 6.45) is 0.310. The van der Waals surface area contributed by atoms with Crippen molar-refractivity contribution in [2.24, 2.45) is 0 Å². The van der Waals surface area contributed by atoms with Gasteiger partial charge in [0.25, 0.3) is 0 Å². The third-order valence-corrected chi connectivity index (χ3v) is 3.08. The Balaban J connectivity index is 2.67. The first-order chi connectivity index (χ1) is 8.43. The molecule has 0 radical (unpaired) electrons. The summed E-state index contributed by atoms with van der Waals surface area (Å²) < 4.78 is 0.619. The summed E-state index contributed by atoms with van der Waals surface area (Å²) in [5, 5.41) is 14.2. The molecule has 0 aliphatic rings. The Kier molecular flexibility index (Phi) is 5.43. The molecule has 0 saturated carbocycles. The lowest BCUT2D eigenvalue weighted by atomic mass is 10.2. The lowest BCUT2D eigenvalue weighted by molar-refractivity contribution is -0.139. The Morgan fingerprint density at radius 2 is 2.17 bits per heavy atom. The number of carbonyl (C=O) groups is 2. The van der Waals surface area contributed by atoms with Crippen LogP contribution < -0.4 is 10.6 Å². The van der Waals surface area contributed by atoms with Crippen molar-refractivity contribution in [1.82, 2.24) is 5.32 Å². The molecule has 0 saturated heterocycles. The van der Waals surface area contributed by atoms with Gasteiger partial charge in [-0.05, 0) is 40.5 Å². The van der Waals surface area contributed by atoms with E-state index in [4.69, 9.17) is 16.7 Å². The SMILES string of the molecule is CC[C@H](NC(=O)Nc1ccc(Cl)cc1Br)C(=O)O. The summed E-state index contributed by atoms with van der Waals surface area (Å²) in [6, 6.07) is 3.39. The van der Waals surface area contributed by atoms with Crippen LogP contribution in [0.3, 0.4) is 0 Å². The van der Waals surface area contributed by atoms with E-state index in [1.54, 1.807) is 25.1 Å². The molecule has 0 fully saturated rings. The Labute approximate surface area is 118 Å². The average molecular weight is 336 g/mol. The predicted molar refractivity (Wildman–Crippen MR) is 73.0 cm³/mol. The number of benzene rings is 1. The van der Waals surface area contributed by atoms with E-state index >= 15 is 0 Å². The molecule has 1 atom stereocenters. The molecule has 0 unspecified atom stereocenters. The third kappa shape index (κ3) is 4.19. The van der Waals surface area contributed by atoms with Gasteiger partial charge >= 0.3 is 12.0 Å². The molecular weight excluding hydrogens is 323 g/mol. The van der Waals surface area contributed by atoms with Gasteiger partial charge in [0.1, 0.15) is 6.04 Å². The Morgan fingerprint density at radius 1 is 1.50 bits per heavy atom. The fraction of sp³-hybridized carbons (Fsp3) is 0.273. The van der Waals surface area contributed by atoms with E-state index in [0.29, 0.717) is 21.6 Å². The van der Waals surface area contributed by atoms with Gasteiger partial charge in [0, 0.05) is 9.50 Å². The highest BCUT2D eigenvalue weighted by Gasteiger charge is 2.17. The van der Waals surface area contributed by atoms with Crippen molar-refractivity contribution in [1.29, 1.82) is 0 Å². The highest BCUT2D eigenvalue weighted by Crippen LogP contribution is 2.25. The largest absolute Gasteiger partial charge is 0.480 e. The second kappa shape index (κ2) is 6.61. The van der Waals surface area contributed by atoms with Crippen LogP contribution in [0.2, 0.25) is 5.02 Å². The van der Waals surface area contributed by atoms with Gasteiger partial charge in [0.15, 0.2) is 0 Å². The fourth-order valence-electron chi connectivity index (χ4n) is 1.25. The van der Waals surface area contributed by atoms with Gasteiger partial charge in [0.2, 0.25) is 0 Å². The van der Waals surface area contributed by atoms with E-state index in [0.717, 1.165) is 0 Å². The molecule has 2 amide bonds. The number of hydrogen-bond donors (Lipinski definition) is 3. The Bertz CT molecular complexity index is 468. The van der Waals surface area contributed by atoms with Gasteiger partial charge in [-0.15, -0.1) is 0 Å². The first kappa shape index (κ1) is 14.8. The topological polar surface area (TPSA) is 78.4 Å². The molecule has 0 aliphatic carbocycles. The maximum atomic E-state index is 11.6. The molecule has 98 valence electrons. The first-order valence-corrected chi connectivity index (χ1v) is 6.36. The minimum absolute atomic E-state index is 0.310. The molecule has 0 spiro atoms. The highest BCUT2D eigenvalue weighted by molar-refractivity contribution is 9.10. The number of amides is 2. The van der Waals surface area contributed by atoms with Gasteiger partial charge in [-0.25, -0.2) is 9.59 Å². The van der Waals surface area contributed by atoms with Gasteiger partial charge in [-0.2, -0.15) is 0 Å². The second-order valence-electron chi connectivity index (χ2n) is 3.52. The normalized spacial score (nSPS) is 11.7. The van der Waals surface area contributed by atoms with E-state index in [2.05, 4.69) is 26.6 Å². The van der Waals surface area contributed by atoms with Crippen LogP contribution in [0.1, 0.15) is 13.3 Å². The zero-order valence-corrected chi connectivity index (χ0v) is 11.9. The molecule has 7 heteroatoms. The number of hydrogen-bond acceptors (Lipinski definition) is 2. The predicted octanol–water partition coefficient (Wildman–Crippen LogP) is 3.09. The number of nitrogens with one attached hydrogen (secondary N) is 2. The van der Waals surface area contributed by atoms with Crippen molar-refractivity contribution in [2.45, 2.75) is 19.4 Å². The Morgan fingerprint density at radius 3 is 2.67 bits per heavy atom. The second-order valence-corrected chi connectivity index (χ2v) is 4.81. The number of carboxylic acid groups (broad SMARTS) is 1. The van der Waals surface area contributed by atoms with Gasteiger partial charge < -0.3 is 15.7 Å². The number of aliphatic carboxylic acids is 1. The van der Waals surface area contributed by atoms with Crippen molar-refractivity contribution in [3.63, 3.8) is 0 Å². The van der Waals surface area contributed by atoms with Gasteiger partial charge in [-0.1, -0.05) is 18.5 Å². The quantitative estimate of drug-likeness (QED) is 0.791. The number of urea groups is 1. The monoisotopic (exact) mass is 334 g/mol. The van der Waals surface area contributed by atoms with Gasteiger partial charge in [0.05, 0.1) is 5.69 Å². The van der Waals surface area contributed by atoms with Crippen LogP contribution in [-0.4, -0.2) is 23.1 Å². The van der Waals surface area contributed by atoms with E-state index in [9.17, 15) is 9.59 Å². The first-order valence-electron chi connectivity index (χ1n) is 5.19. The number of rotatable bonds is 4. The molecule has 3 N–H and O–H groups in total. The summed E-state index contributed by atoms with van der Waals surface area (Å²) in [4.78, 5) is 22.3. The summed E-state index contributed by atoms with van der Waals surface area (Å²) in [5.41, 5.74) is 0.511. The zero-order chi connectivity index (χ0) is 13.7. The Hall–Kier alpha value is -1.27. The molecule has 1 rings (SSSR count). The molecular formula is C11H12BrClN2O3. The van der Waals surface area contributed by atoms with Crippen LogP contribution in [0.4, 0.5) is 10.5 Å². The molecule has 18 heavy (non-hydrogen) atoms. The highest BCUT2D eigenvalue weighted by atomic mass is 79.9. The molecule has 0 heterocycles. The lowest BCUT2D eigenvalue weighted by Crippen LogP contribution is -2.42. The standard InChI is InChI=1S/C11H12BrClN2O3/c1-2-8(10(16)17)14-11(18)15-9-4-3-6(13)5-7(9)12/h3-5,8H,2H2,1H3,(H,16,17)(H2,14,15,18)/t8-/m0/s1. The maximum absolute atomic E-state index is 11.6. The number of halogens is 2. The molecule has 0 aromatic heterocycles. The van der Waals surface area contributed by atoms with E-state index in [1.807, 2.05) is 0 Å². The van der Waals surface area contributed by atoms with Crippen LogP contribution >= 0.6 is 27.5 Å². The van der Waals surface area contributed by atoms with E-state index < -0.39 is 18.0 Å².